The maximum Gasteiger partial charge on any atom is 0.336 e. The zero-order valence-corrected chi connectivity index (χ0v) is 33.2. The van der Waals surface area contributed by atoms with E-state index < -0.39 is 5.63 Å². The monoisotopic (exact) mass is 772 g/mol. The van der Waals surface area contributed by atoms with Crippen molar-refractivity contribution in [3.8, 4) is 0 Å². The van der Waals surface area contributed by atoms with Crippen LogP contribution in [0.15, 0.2) is 149 Å². The largest absolute Gasteiger partial charge is 0.423 e. The number of carbonyl (C=O) groups is 1. The Morgan fingerprint density at radius 2 is 0.983 bits per heavy atom. The normalized spacial score (nSPS) is 11.3. The van der Waals surface area contributed by atoms with Gasteiger partial charge in [0.2, 0.25) is 5.91 Å². The summed E-state index contributed by atoms with van der Waals surface area (Å²) in [6.07, 6.45) is 7.36. The highest BCUT2D eigenvalue weighted by Gasteiger charge is 2.18. The lowest BCUT2D eigenvalue weighted by Crippen LogP contribution is -2.29. The predicted molar refractivity (Wildman–Crippen MR) is 226 cm³/mol. The molecule has 0 spiro atoms. The third-order valence-electron chi connectivity index (χ3n) is 9.89. The fourth-order valence-corrected chi connectivity index (χ4v) is 7.15. The summed E-state index contributed by atoms with van der Waals surface area (Å²) in [7, 11) is 5.67. The number of carbonyl (C=O) groups excluding carboxylic acids is 1. The first-order valence-electron chi connectivity index (χ1n) is 19.4. The van der Waals surface area contributed by atoms with Gasteiger partial charge in [0.25, 0.3) is 0 Å². The molecule has 1 amide bonds. The average Bonchev–Trinajstić information content (AvgIpc) is 3.22. The van der Waals surface area contributed by atoms with Crippen LogP contribution in [0.2, 0.25) is 0 Å². The van der Waals surface area contributed by atoms with Crippen LogP contribution in [0.5, 0.6) is 0 Å². The molecule has 7 rings (SSSR count). The Morgan fingerprint density at radius 3 is 1.40 bits per heavy atom. The number of rotatable bonds is 17. The Kier molecular flexibility index (Phi) is 13.0. The number of fused-ring (bicyclic) bond motifs is 1. The standard InChI is InChI=1S/C47H48N8O3/c1-52(2)43-16-17-44-38(26-47(57)58-45(44)27-43)25-46(56)53(3)28-35-22-36(29-54(31-39-12-4-8-18-48-39)32-40-13-5-9-19-49-40)24-37(23-35)30-55(33-41-14-6-10-20-50-41)34-42-15-7-11-21-51-42/h4-24,26-27H,25,28-34H2,1-3H3. The lowest BCUT2D eigenvalue weighted by atomic mass is 10.0. The minimum atomic E-state index is -0.479. The van der Waals surface area contributed by atoms with E-state index in [4.69, 9.17) is 4.42 Å². The van der Waals surface area contributed by atoms with Gasteiger partial charge in [0, 0.05) is 115 Å². The molecule has 0 aliphatic rings. The molecule has 58 heavy (non-hydrogen) atoms. The molecule has 294 valence electrons. The Labute approximate surface area is 339 Å². The molecule has 5 heterocycles. The highest BCUT2D eigenvalue weighted by atomic mass is 16.4. The van der Waals surface area contributed by atoms with Crippen LogP contribution in [-0.4, -0.2) is 61.7 Å². The quantitative estimate of drug-likeness (QED) is 0.0894. The number of nitrogens with zero attached hydrogens (tertiary/aromatic N) is 8. The van der Waals surface area contributed by atoms with Crippen LogP contribution in [0, 0.1) is 0 Å². The van der Waals surface area contributed by atoms with Gasteiger partial charge in [-0.3, -0.25) is 34.5 Å². The molecule has 2 aromatic carbocycles. The molecule has 0 saturated carbocycles. The van der Waals surface area contributed by atoms with Crippen molar-refractivity contribution in [2.24, 2.45) is 0 Å². The fraction of sp³-hybridized carbons (Fsp3) is 0.234. The van der Waals surface area contributed by atoms with Crippen LogP contribution in [0.3, 0.4) is 0 Å². The molecule has 0 unspecified atom stereocenters. The van der Waals surface area contributed by atoms with Crippen LogP contribution >= 0.6 is 0 Å². The van der Waals surface area contributed by atoms with Crippen molar-refractivity contribution in [1.82, 2.24) is 34.6 Å². The molecule has 5 aromatic heterocycles. The molecule has 11 nitrogen and oxygen atoms in total. The first kappa shape index (κ1) is 39.7. The Balaban J connectivity index is 1.19. The van der Waals surface area contributed by atoms with Gasteiger partial charge >= 0.3 is 5.63 Å². The number of benzene rings is 2. The molecule has 7 aromatic rings. The van der Waals surface area contributed by atoms with E-state index in [-0.39, 0.29) is 12.3 Å². The van der Waals surface area contributed by atoms with Gasteiger partial charge in [-0.25, -0.2) is 4.79 Å². The van der Waals surface area contributed by atoms with Crippen molar-refractivity contribution in [2.75, 3.05) is 26.0 Å². The molecule has 0 N–H and O–H groups in total. The van der Waals surface area contributed by atoms with Gasteiger partial charge in [0.1, 0.15) is 5.58 Å². The van der Waals surface area contributed by atoms with Crippen LogP contribution in [0.1, 0.15) is 45.0 Å². The molecule has 0 aliphatic heterocycles. The first-order chi connectivity index (χ1) is 28.2. The van der Waals surface area contributed by atoms with Crippen molar-refractivity contribution < 1.29 is 9.21 Å². The van der Waals surface area contributed by atoms with Crippen molar-refractivity contribution in [3.05, 3.63) is 195 Å². The number of anilines is 1. The summed E-state index contributed by atoms with van der Waals surface area (Å²) in [6, 6.07) is 37.7. The van der Waals surface area contributed by atoms with E-state index in [1.54, 1.807) is 4.90 Å². The lowest BCUT2D eigenvalue weighted by Gasteiger charge is -2.25. The van der Waals surface area contributed by atoms with Gasteiger partial charge in [-0.15, -0.1) is 0 Å². The summed E-state index contributed by atoms with van der Waals surface area (Å²) in [6.45, 7) is 4.18. The zero-order valence-electron chi connectivity index (χ0n) is 33.2. The number of hydrogen-bond donors (Lipinski definition) is 0. The van der Waals surface area contributed by atoms with E-state index in [1.807, 2.05) is 142 Å². The smallest absolute Gasteiger partial charge is 0.336 e. The van der Waals surface area contributed by atoms with E-state index in [0.29, 0.717) is 57.0 Å². The number of likely N-dealkylation sites (N-methyl/N-ethyl adjacent to an activating group) is 1. The summed E-state index contributed by atoms with van der Waals surface area (Å²) < 4.78 is 5.54. The second-order valence-electron chi connectivity index (χ2n) is 14.8. The van der Waals surface area contributed by atoms with Crippen molar-refractivity contribution >= 4 is 22.6 Å². The van der Waals surface area contributed by atoms with Crippen LogP contribution in [-0.2, 0) is 57.0 Å². The topological polar surface area (TPSA) is 112 Å². The minimum absolute atomic E-state index is 0.0658. The van der Waals surface area contributed by atoms with Gasteiger partial charge in [-0.2, -0.15) is 0 Å². The summed E-state index contributed by atoms with van der Waals surface area (Å²) in [5.41, 5.74) is 8.63. The third kappa shape index (κ3) is 11.1. The molecule has 0 saturated heterocycles. The Morgan fingerprint density at radius 1 is 0.534 bits per heavy atom. The predicted octanol–water partition coefficient (Wildman–Crippen LogP) is 7.04. The molecule has 0 aliphatic carbocycles. The number of hydrogen-bond acceptors (Lipinski definition) is 10. The highest BCUT2D eigenvalue weighted by Crippen LogP contribution is 2.25. The van der Waals surface area contributed by atoms with Crippen LogP contribution in [0.4, 0.5) is 5.69 Å². The Bertz CT molecular complexity index is 2270. The average molecular weight is 773 g/mol. The van der Waals surface area contributed by atoms with E-state index >= 15 is 0 Å². The summed E-state index contributed by atoms with van der Waals surface area (Å²) >= 11 is 0. The number of amides is 1. The van der Waals surface area contributed by atoms with Crippen LogP contribution in [0.25, 0.3) is 11.0 Å². The summed E-state index contributed by atoms with van der Waals surface area (Å²) in [5, 5.41) is 0.748. The maximum absolute atomic E-state index is 13.9. The second-order valence-corrected chi connectivity index (χ2v) is 14.8. The van der Waals surface area contributed by atoms with Crippen molar-refractivity contribution in [2.45, 2.75) is 52.2 Å². The van der Waals surface area contributed by atoms with E-state index in [1.165, 1.54) is 6.07 Å². The van der Waals surface area contributed by atoms with E-state index in [9.17, 15) is 9.59 Å². The van der Waals surface area contributed by atoms with E-state index in [0.717, 1.165) is 50.5 Å². The van der Waals surface area contributed by atoms with Gasteiger partial charge in [-0.1, -0.05) is 42.5 Å². The van der Waals surface area contributed by atoms with Gasteiger partial charge in [0.15, 0.2) is 0 Å². The molecule has 0 radical (unpaired) electrons. The van der Waals surface area contributed by atoms with Crippen molar-refractivity contribution in [3.63, 3.8) is 0 Å². The summed E-state index contributed by atoms with van der Waals surface area (Å²) in [5.74, 6) is -0.102. The Hall–Kier alpha value is -6.56. The first-order valence-corrected chi connectivity index (χ1v) is 19.4. The number of pyridine rings is 4. The SMILES string of the molecule is CN(Cc1cc(CN(Cc2ccccn2)Cc2ccccn2)cc(CN(Cc2ccccn2)Cc2ccccn2)c1)C(=O)Cc1cc(=O)oc2cc(N(C)C)ccc12. The van der Waals surface area contributed by atoms with Gasteiger partial charge < -0.3 is 14.2 Å². The molecule has 0 atom stereocenters. The molecule has 0 fully saturated rings. The van der Waals surface area contributed by atoms with Crippen molar-refractivity contribution in [1.29, 1.82) is 0 Å². The third-order valence-corrected chi connectivity index (χ3v) is 9.89. The van der Waals surface area contributed by atoms with Gasteiger partial charge in [-0.05, 0) is 82.9 Å². The van der Waals surface area contributed by atoms with E-state index in [2.05, 4.69) is 47.9 Å². The summed E-state index contributed by atoms with van der Waals surface area (Å²) in [4.78, 5) is 53.4. The minimum Gasteiger partial charge on any atom is -0.423 e. The second kappa shape index (κ2) is 19.1. The van der Waals surface area contributed by atoms with Crippen LogP contribution < -0.4 is 10.5 Å². The van der Waals surface area contributed by atoms with Gasteiger partial charge in [0.05, 0.1) is 29.2 Å². The fourth-order valence-electron chi connectivity index (χ4n) is 7.15. The zero-order chi connectivity index (χ0) is 40.3. The molecule has 11 heteroatoms. The maximum atomic E-state index is 13.9. The lowest BCUT2D eigenvalue weighted by molar-refractivity contribution is -0.129. The number of aromatic nitrogens is 4. The highest BCUT2D eigenvalue weighted by molar-refractivity contribution is 5.88. The molecule has 0 bridgehead atoms. The molecular weight excluding hydrogens is 725 g/mol. The molecular formula is C47H48N8O3.